The highest BCUT2D eigenvalue weighted by Crippen LogP contribution is 2.46. The Bertz CT molecular complexity index is 321. The van der Waals surface area contributed by atoms with Crippen LogP contribution in [-0.2, 0) is 16.9 Å². The average Bonchev–Trinajstić information content (AvgIpc) is 2.95. The van der Waals surface area contributed by atoms with Crippen molar-refractivity contribution < 1.29 is 9.94 Å². The first-order valence-electron chi connectivity index (χ1n) is 4.89. The van der Waals surface area contributed by atoms with Crippen molar-refractivity contribution in [3.63, 3.8) is 0 Å². The maximum absolute atomic E-state index is 10.0. The van der Waals surface area contributed by atoms with Crippen LogP contribution in [0.25, 0.3) is 0 Å². The minimum absolute atomic E-state index is 0.493. The van der Waals surface area contributed by atoms with E-state index in [1.165, 1.54) is 0 Å². The van der Waals surface area contributed by atoms with Gasteiger partial charge < -0.3 is 9.94 Å². The standard InChI is InChI=1S/C11H15NO2/c12-14-8-5-9-3-1-2-4-10(9)11(13)6-7-11/h1-4,13H,5-8,12H2. The molecule has 3 nitrogen and oxygen atoms in total. The lowest BCUT2D eigenvalue weighted by Crippen LogP contribution is -2.11. The van der Waals surface area contributed by atoms with Crippen molar-refractivity contribution in [1.82, 2.24) is 0 Å². The lowest BCUT2D eigenvalue weighted by Gasteiger charge is -2.13. The fourth-order valence-corrected chi connectivity index (χ4v) is 1.75. The van der Waals surface area contributed by atoms with E-state index in [-0.39, 0.29) is 0 Å². The Hall–Kier alpha value is -0.900. The van der Waals surface area contributed by atoms with Crippen LogP contribution < -0.4 is 5.90 Å². The van der Waals surface area contributed by atoms with Crippen LogP contribution in [0.3, 0.4) is 0 Å². The van der Waals surface area contributed by atoms with Gasteiger partial charge in [-0.2, -0.15) is 0 Å². The Kier molecular flexibility index (Phi) is 2.54. The molecule has 1 saturated carbocycles. The van der Waals surface area contributed by atoms with Crippen LogP contribution in [0.2, 0.25) is 0 Å². The second kappa shape index (κ2) is 3.69. The second-order valence-corrected chi connectivity index (χ2v) is 3.81. The van der Waals surface area contributed by atoms with Crippen LogP contribution in [0.1, 0.15) is 24.0 Å². The molecule has 0 aromatic heterocycles. The molecule has 0 aliphatic heterocycles. The van der Waals surface area contributed by atoms with Crippen LogP contribution in [0.15, 0.2) is 24.3 Å². The van der Waals surface area contributed by atoms with Gasteiger partial charge in [0.05, 0.1) is 12.2 Å². The number of benzene rings is 1. The van der Waals surface area contributed by atoms with Crippen molar-refractivity contribution in [2.75, 3.05) is 6.61 Å². The molecule has 1 aromatic rings. The van der Waals surface area contributed by atoms with Crippen molar-refractivity contribution in [2.45, 2.75) is 24.9 Å². The van der Waals surface area contributed by atoms with Gasteiger partial charge in [0, 0.05) is 0 Å². The van der Waals surface area contributed by atoms with Gasteiger partial charge in [0.1, 0.15) is 0 Å². The van der Waals surface area contributed by atoms with E-state index in [4.69, 9.17) is 5.90 Å². The Labute approximate surface area is 83.5 Å². The molecule has 2 rings (SSSR count). The summed E-state index contributed by atoms with van der Waals surface area (Å²) in [5, 5.41) is 10.0. The lowest BCUT2D eigenvalue weighted by molar-refractivity contribution is 0.136. The number of aliphatic hydroxyl groups is 1. The molecule has 0 spiro atoms. The summed E-state index contributed by atoms with van der Waals surface area (Å²) in [6, 6.07) is 7.93. The summed E-state index contributed by atoms with van der Waals surface area (Å²) in [5.74, 6) is 4.99. The van der Waals surface area contributed by atoms with Gasteiger partial charge in [-0.15, -0.1) is 0 Å². The van der Waals surface area contributed by atoms with Crippen molar-refractivity contribution in [3.8, 4) is 0 Å². The van der Waals surface area contributed by atoms with Crippen LogP contribution in [0.5, 0.6) is 0 Å². The molecule has 0 saturated heterocycles. The number of hydrogen-bond donors (Lipinski definition) is 2. The zero-order valence-corrected chi connectivity index (χ0v) is 8.07. The number of hydrogen-bond acceptors (Lipinski definition) is 3. The summed E-state index contributed by atoms with van der Waals surface area (Å²) in [6.07, 6.45) is 2.50. The van der Waals surface area contributed by atoms with Crippen molar-refractivity contribution in [2.24, 2.45) is 5.90 Å². The molecule has 1 aliphatic carbocycles. The molecule has 3 N–H and O–H groups in total. The molecule has 0 heterocycles. The third-order valence-electron chi connectivity index (χ3n) is 2.73. The zero-order chi connectivity index (χ0) is 10.0. The second-order valence-electron chi connectivity index (χ2n) is 3.81. The zero-order valence-electron chi connectivity index (χ0n) is 8.07. The molecule has 0 unspecified atom stereocenters. The summed E-state index contributed by atoms with van der Waals surface area (Å²) in [5.41, 5.74) is 1.61. The van der Waals surface area contributed by atoms with Crippen molar-refractivity contribution >= 4 is 0 Å². The molecular weight excluding hydrogens is 178 g/mol. The van der Waals surface area contributed by atoms with Gasteiger partial charge in [-0.3, -0.25) is 0 Å². The van der Waals surface area contributed by atoms with E-state index in [0.717, 1.165) is 30.4 Å². The largest absolute Gasteiger partial charge is 0.385 e. The maximum atomic E-state index is 10.0. The fourth-order valence-electron chi connectivity index (χ4n) is 1.75. The molecule has 0 radical (unpaired) electrons. The molecule has 14 heavy (non-hydrogen) atoms. The summed E-state index contributed by atoms with van der Waals surface area (Å²) in [7, 11) is 0. The molecule has 0 bridgehead atoms. The topological polar surface area (TPSA) is 55.5 Å². The van der Waals surface area contributed by atoms with Crippen LogP contribution in [0, 0.1) is 0 Å². The van der Waals surface area contributed by atoms with Crippen molar-refractivity contribution in [1.29, 1.82) is 0 Å². The fraction of sp³-hybridized carbons (Fsp3) is 0.455. The molecule has 1 aromatic carbocycles. The van der Waals surface area contributed by atoms with E-state index in [9.17, 15) is 5.11 Å². The van der Waals surface area contributed by atoms with E-state index in [1.54, 1.807) is 0 Å². The van der Waals surface area contributed by atoms with Crippen LogP contribution >= 0.6 is 0 Å². The number of nitrogens with two attached hydrogens (primary N) is 1. The van der Waals surface area contributed by atoms with Gasteiger partial charge in [-0.05, 0) is 30.4 Å². The SMILES string of the molecule is NOCCc1ccccc1C1(O)CC1. The Morgan fingerprint density at radius 2 is 2.07 bits per heavy atom. The third-order valence-corrected chi connectivity index (χ3v) is 2.73. The quantitative estimate of drug-likeness (QED) is 0.704. The first kappa shape index (κ1) is 9.65. The minimum Gasteiger partial charge on any atom is -0.385 e. The van der Waals surface area contributed by atoms with Crippen LogP contribution in [-0.4, -0.2) is 11.7 Å². The smallest absolute Gasteiger partial charge is 0.0901 e. The predicted octanol–water partition coefficient (Wildman–Crippen LogP) is 1.10. The molecule has 0 atom stereocenters. The van der Waals surface area contributed by atoms with Crippen molar-refractivity contribution in [3.05, 3.63) is 35.4 Å². The van der Waals surface area contributed by atoms with Gasteiger partial charge in [0.2, 0.25) is 0 Å². The van der Waals surface area contributed by atoms with E-state index in [1.807, 2.05) is 24.3 Å². The van der Waals surface area contributed by atoms with Gasteiger partial charge in [-0.1, -0.05) is 24.3 Å². The van der Waals surface area contributed by atoms with Gasteiger partial charge in [0.15, 0.2) is 0 Å². The van der Waals surface area contributed by atoms with E-state index in [0.29, 0.717) is 6.61 Å². The number of rotatable bonds is 4. The maximum Gasteiger partial charge on any atom is 0.0901 e. The Morgan fingerprint density at radius 1 is 1.36 bits per heavy atom. The van der Waals surface area contributed by atoms with E-state index >= 15 is 0 Å². The highest BCUT2D eigenvalue weighted by molar-refractivity contribution is 5.35. The monoisotopic (exact) mass is 193 g/mol. The van der Waals surface area contributed by atoms with Gasteiger partial charge >= 0.3 is 0 Å². The summed E-state index contributed by atoms with van der Waals surface area (Å²) < 4.78 is 0. The Morgan fingerprint density at radius 3 is 2.71 bits per heavy atom. The average molecular weight is 193 g/mol. The molecule has 0 amide bonds. The normalized spacial score (nSPS) is 18.1. The van der Waals surface area contributed by atoms with Gasteiger partial charge in [-0.25, -0.2) is 5.90 Å². The predicted molar refractivity (Wildman–Crippen MR) is 53.4 cm³/mol. The Balaban J connectivity index is 2.20. The minimum atomic E-state index is -0.564. The van der Waals surface area contributed by atoms with E-state index < -0.39 is 5.60 Å². The first-order valence-corrected chi connectivity index (χ1v) is 4.89. The van der Waals surface area contributed by atoms with Crippen LogP contribution in [0.4, 0.5) is 0 Å². The highest BCUT2D eigenvalue weighted by Gasteiger charge is 2.43. The van der Waals surface area contributed by atoms with Gasteiger partial charge in [0.25, 0.3) is 0 Å². The molecule has 1 aliphatic rings. The molecule has 1 fully saturated rings. The highest BCUT2D eigenvalue weighted by atomic mass is 16.6. The van der Waals surface area contributed by atoms with E-state index in [2.05, 4.69) is 4.84 Å². The lowest BCUT2D eigenvalue weighted by atomic mass is 9.99. The summed E-state index contributed by atoms with van der Waals surface area (Å²) in [4.78, 5) is 4.55. The molecule has 3 heteroatoms. The third kappa shape index (κ3) is 1.80. The first-order chi connectivity index (χ1) is 6.76. The summed E-state index contributed by atoms with van der Waals surface area (Å²) in [6.45, 7) is 0.493. The molecular formula is C11H15NO2. The summed E-state index contributed by atoms with van der Waals surface area (Å²) >= 11 is 0. The molecule has 76 valence electrons.